The zero-order chi connectivity index (χ0) is 11.9. The molecule has 0 bridgehead atoms. The molecule has 2 unspecified atom stereocenters. The molecule has 0 heterocycles. The van der Waals surface area contributed by atoms with Crippen molar-refractivity contribution in [2.75, 3.05) is 0 Å². The Labute approximate surface area is 99.3 Å². The zero-order valence-electron chi connectivity index (χ0n) is 7.05. The van der Waals surface area contributed by atoms with Gasteiger partial charge in [-0.2, -0.15) is 13.2 Å². The maximum atomic E-state index is 12.7. The molecule has 0 spiro atoms. The fraction of sp³-hybridized carbons (Fsp3) is 0.375. The third-order valence-electron chi connectivity index (χ3n) is 2.07. The molecule has 1 nitrogen and oxygen atoms in total. The van der Waals surface area contributed by atoms with E-state index in [1.54, 1.807) is 0 Å². The van der Waals surface area contributed by atoms with Gasteiger partial charge in [0.2, 0.25) is 5.12 Å². The lowest BCUT2D eigenvalue weighted by atomic mass is 9.81. The van der Waals surface area contributed by atoms with E-state index in [4.69, 9.17) is 23.2 Å². The molecule has 2 atom stereocenters. The molecule has 0 aliphatic heterocycles. The van der Waals surface area contributed by atoms with Crippen molar-refractivity contribution in [1.29, 1.82) is 0 Å². The first-order valence-corrected chi connectivity index (χ1v) is 4.98. The average molecular weight is 277 g/mol. The summed E-state index contributed by atoms with van der Waals surface area (Å²) in [6.45, 7) is 0. The minimum Gasteiger partial charge on any atom is -0.286 e. The van der Waals surface area contributed by atoms with Crippen LogP contribution < -0.4 is 0 Å². The highest BCUT2D eigenvalue weighted by atomic mass is 35.5. The Balaban J connectivity index is 3.28. The Morgan fingerprint density at radius 3 is 2.40 bits per heavy atom. The van der Waals surface area contributed by atoms with E-state index >= 15 is 0 Å². The Bertz CT molecular complexity index is 350. The summed E-state index contributed by atoms with van der Waals surface area (Å²) in [7, 11) is 0. The normalized spacial score (nSPS) is 31.3. The fourth-order valence-corrected chi connectivity index (χ4v) is 2.29. The molecule has 0 amide bonds. The van der Waals surface area contributed by atoms with Crippen LogP contribution in [0.25, 0.3) is 0 Å². The largest absolute Gasteiger partial charge is 0.407 e. The van der Waals surface area contributed by atoms with Crippen LogP contribution in [-0.2, 0) is 4.79 Å². The Morgan fingerprint density at radius 2 is 2.07 bits per heavy atom. The second-order valence-corrected chi connectivity index (χ2v) is 4.27. The zero-order valence-corrected chi connectivity index (χ0v) is 9.46. The molecule has 0 radical (unpaired) electrons. The topological polar surface area (TPSA) is 17.1 Å². The summed E-state index contributed by atoms with van der Waals surface area (Å²) in [6.07, 6.45) is -2.21. The highest BCUT2D eigenvalue weighted by Gasteiger charge is 2.61. The van der Waals surface area contributed by atoms with Crippen LogP contribution in [0.1, 0.15) is 0 Å². The number of halogens is 5. The summed E-state index contributed by atoms with van der Waals surface area (Å²) in [4.78, 5) is 11.0. The van der Waals surface area contributed by atoms with Crippen molar-refractivity contribution in [3.63, 3.8) is 0 Å². The van der Waals surface area contributed by atoms with Gasteiger partial charge in [0.05, 0.1) is 5.38 Å². The Kier molecular flexibility index (Phi) is 3.48. The lowest BCUT2D eigenvalue weighted by molar-refractivity contribution is -0.199. The molecule has 0 aromatic rings. The van der Waals surface area contributed by atoms with E-state index in [1.165, 1.54) is 0 Å². The molecular formula is C8H5Cl2F3OS. The number of carbonyl (C=O) groups is 1. The van der Waals surface area contributed by atoms with Gasteiger partial charge in [0, 0.05) is 5.03 Å². The molecule has 0 fully saturated rings. The van der Waals surface area contributed by atoms with E-state index in [1.807, 2.05) is 0 Å². The van der Waals surface area contributed by atoms with Gasteiger partial charge in [0.15, 0.2) is 5.41 Å². The monoisotopic (exact) mass is 276 g/mol. The van der Waals surface area contributed by atoms with Gasteiger partial charge in [-0.05, 0) is 12.2 Å². The maximum absolute atomic E-state index is 12.7. The van der Waals surface area contributed by atoms with Crippen molar-refractivity contribution in [3.05, 3.63) is 23.3 Å². The molecule has 7 heteroatoms. The van der Waals surface area contributed by atoms with Crippen LogP contribution in [0.3, 0.4) is 0 Å². The molecule has 1 rings (SSSR count). The molecule has 0 saturated heterocycles. The van der Waals surface area contributed by atoms with Gasteiger partial charge in [-0.15, -0.1) is 24.2 Å². The fourth-order valence-electron chi connectivity index (χ4n) is 1.19. The number of hydrogen-bond donors (Lipinski definition) is 1. The van der Waals surface area contributed by atoms with Gasteiger partial charge < -0.3 is 0 Å². The lowest BCUT2D eigenvalue weighted by Gasteiger charge is -2.34. The first-order chi connectivity index (χ1) is 6.72. The van der Waals surface area contributed by atoms with Gasteiger partial charge in [0.1, 0.15) is 0 Å². The summed E-state index contributed by atoms with van der Waals surface area (Å²) in [5.74, 6) is 0. The number of allylic oxidation sites excluding steroid dienone is 4. The molecular weight excluding hydrogens is 272 g/mol. The molecule has 84 valence electrons. The number of hydrogen-bond acceptors (Lipinski definition) is 1. The Morgan fingerprint density at radius 1 is 1.53 bits per heavy atom. The van der Waals surface area contributed by atoms with Crippen LogP contribution in [0.4, 0.5) is 13.2 Å². The van der Waals surface area contributed by atoms with E-state index < -0.39 is 22.1 Å². The molecule has 1 aliphatic carbocycles. The van der Waals surface area contributed by atoms with E-state index in [2.05, 4.69) is 12.6 Å². The third kappa shape index (κ3) is 2.05. The highest BCUT2D eigenvalue weighted by Crippen LogP contribution is 2.49. The van der Waals surface area contributed by atoms with Crippen LogP contribution in [0.15, 0.2) is 23.3 Å². The van der Waals surface area contributed by atoms with Gasteiger partial charge in [-0.1, -0.05) is 17.7 Å². The van der Waals surface area contributed by atoms with Crippen LogP contribution in [0, 0.1) is 5.41 Å². The van der Waals surface area contributed by atoms with Crippen LogP contribution in [0.5, 0.6) is 0 Å². The van der Waals surface area contributed by atoms with Gasteiger partial charge in [-0.3, -0.25) is 4.79 Å². The predicted molar refractivity (Wildman–Crippen MR) is 55.2 cm³/mol. The first-order valence-electron chi connectivity index (χ1n) is 3.72. The SMILES string of the molecule is O=C(S)C1(C(F)(F)F)C=CC(Cl)=CC1Cl. The van der Waals surface area contributed by atoms with Crippen molar-refractivity contribution in [1.82, 2.24) is 0 Å². The van der Waals surface area contributed by atoms with Crippen LogP contribution >= 0.6 is 35.8 Å². The number of rotatable bonds is 1. The quantitative estimate of drug-likeness (QED) is 0.575. The van der Waals surface area contributed by atoms with Crippen molar-refractivity contribution < 1.29 is 18.0 Å². The molecule has 1 aliphatic rings. The van der Waals surface area contributed by atoms with Crippen LogP contribution in [0.2, 0.25) is 0 Å². The summed E-state index contributed by atoms with van der Waals surface area (Å²) in [6, 6.07) is 0. The van der Waals surface area contributed by atoms with Gasteiger partial charge in [0.25, 0.3) is 0 Å². The molecule has 0 saturated carbocycles. The Hall–Kier alpha value is -0.130. The molecule has 0 N–H and O–H groups in total. The minimum atomic E-state index is -4.80. The van der Waals surface area contributed by atoms with E-state index in [9.17, 15) is 18.0 Å². The second kappa shape index (κ2) is 4.03. The smallest absolute Gasteiger partial charge is 0.286 e. The third-order valence-corrected chi connectivity index (χ3v) is 3.16. The van der Waals surface area contributed by atoms with E-state index in [0.717, 1.165) is 12.2 Å². The van der Waals surface area contributed by atoms with E-state index in [-0.39, 0.29) is 5.03 Å². The van der Waals surface area contributed by atoms with Gasteiger partial charge in [-0.25, -0.2) is 0 Å². The summed E-state index contributed by atoms with van der Waals surface area (Å²) in [5.41, 5.74) is -2.80. The summed E-state index contributed by atoms with van der Waals surface area (Å²) in [5, 5.41) is -2.88. The maximum Gasteiger partial charge on any atom is 0.407 e. The second-order valence-electron chi connectivity index (χ2n) is 2.96. The predicted octanol–water partition coefficient (Wildman–Crippen LogP) is 3.29. The minimum absolute atomic E-state index is 0.0597. The van der Waals surface area contributed by atoms with Crippen LogP contribution in [-0.4, -0.2) is 16.7 Å². The molecule has 15 heavy (non-hydrogen) atoms. The average Bonchev–Trinajstić information content (AvgIpc) is 2.00. The van der Waals surface area contributed by atoms with Gasteiger partial charge >= 0.3 is 6.18 Å². The summed E-state index contributed by atoms with van der Waals surface area (Å²) >= 11 is 14.2. The number of thiol groups is 1. The lowest BCUT2D eigenvalue weighted by Crippen LogP contribution is -2.48. The van der Waals surface area contributed by atoms with Crippen molar-refractivity contribution in [3.8, 4) is 0 Å². The summed E-state index contributed by atoms with van der Waals surface area (Å²) < 4.78 is 38.2. The molecule has 0 aromatic carbocycles. The highest BCUT2D eigenvalue weighted by molar-refractivity contribution is 7.96. The first kappa shape index (κ1) is 12.9. The van der Waals surface area contributed by atoms with Crippen molar-refractivity contribution in [2.45, 2.75) is 11.6 Å². The number of carbonyl (C=O) groups excluding carboxylic acids is 1. The van der Waals surface area contributed by atoms with Crippen molar-refractivity contribution in [2.24, 2.45) is 5.41 Å². The standard InChI is InChI=1S/C8H5Cl2F3OS/c9-4-1-2-7(6(14)15,5(10)3-4)8(11,12)13/h1-3,5H,(H,14,15). The van der Waals surface area contributed by atoms with E-state index in [0.29, 0.717) is 6.08 Å². The van der Waals surface area contributed by atoms with Crippen molar-refractivity contribution >= 4 is 40.9 Å². The number of alkyl halides is 4. The molecule has 0 aromatic heterocycles.